The smallest absolute Gasteiger partial charge is 0.349 e. The lowest BCUT2D eigenvalue weighted by atomic mass is 9.92. The zero-order valence-electron chi connectivity index (χ0n) is 15.0. The fourth-order valence-electron chi connectivity index (χ4n) is 2.97. The Hall–Kier alpha value is -1.87. The molecule has 0 heterocycles. The molecule has 0 aliphatic carbocycles. The average molecular weight is 360 g/mol. The van der Waals surface area contributed by atoms with Gasteiger partial charge in [0.25, 0.3) is 0 Å². The van der Waals surface area contributed by atoms with E-state index < -0.39 is 7.60 Å². The first-order valence-electron chi connectivity index (χ1n) is 8.23. The molecule has 134 valence electrons. The van der Waals surface area contributed by atoms with Crippen LogP contribution in [0.1, 0.15) is 53.1 Å². The molecular weight excluding hydrogens is 335 g/mol. The van der Waals surface area contributed by atoms with Gasteiger partial charge < -0.3 is 14.9 Å². The number of hydrogen-bond acceptors (Lipinski definition) is 2. The third kappa shape index (κ3) is 5.30. The van der Waals surface area contributed by atoms with Crippen LogP contribution >= 0.6 is 7.60 Å². The van der Waals surface area contributed by atoms with Crippen molar-refractivity contribution in [2.75, 3.05) is 0 Å². The first kappa shape index (κ1) is 19.5. The maximum Gasteiger partial charge on any atom is 0.349 e. The van der Waals surface area contributed by atoms with Gasteiger partial charge in [0.15, 0.2) is 0 Å². The van der Waals surface area contributed by atoms with Crippen molar-refractivity contribution >= 4 is 13.7 Å². The number of hydrogen-bond donors (Lipinski definition) is 3. The van der Waals surface area contributed by atoms with E-state index in [1.807, 2.05) is 38.1 Å². The normalized spacial score (nSPS) is 12.3. The predicted molar refractivity (Wildman–Crippen MR) is 102 cm³/mol. The van der Waals surface area contributed by atoms with Crippen LogP contribution in [0.15, 0.2) is 36.1 Å². The lowest BCUT2D eigenvalue weighted by molar-refractivity contribution is 0.386. The van der Waals surface area contributed by atoms with Crippen LogP contribution < -0.4 is 0 Å². The Kier molecular flexibility index (Phi) is 5.89. The molecule has 25 heavy (non-hydrogen) atoms. The molecule has 0 atom stereocenters. The minimum absolute atomic E-state index is 0.252. The van der Waals surface area contributed by atoms with E-state index in [9.17, 15) is 9.67 Å². The van der Waals surface area contributed by atoms with Gasteiger partial charge in [0, 0.05) is 5.82 Å². The number of aryl methyl sites for hydroxylation is 2. The quantitative estimate of drug-likeness (QED) is 0.665. The molecular formula is C20H25O4P. The zero-order valence-corrected chi connectivity index (χ0v) is 15.9. The summed E-state index contributed by atoms with van der Waals surface area (Å²) in [5.41, 5.74) is 6.18. The maximum absolute atomic E-state index is 11.0. The van der Waals surface area contributed by atoms with Gasteiger partial charge in [-0.15, -0.1) is 0 Å². The fraction of sp³-hybridized carbons (Fsp3) is 0.300. The van der Waals surface area contributed by atoms with E-state index >= 15 is 0 Å². The highest BCUT2D eigenvalue weighted by atomic mass is 31.2. The number of phenolic OH excluding ortho intramolecular Hbond substituents is 1. The minimum Gasteiger partial charge on any atom is -0.508 e. The second-order valence-corrected chi connectivity index (χ2v) is 8.24. The summed E-state index contributed by atoms with van der Waals surface area (Å²) in [6.07, 6.45) is 2.21. The number of phenols is 1. The van der Waals surface area contributed by atoms with Gasteiger partial charge in [0.1, 0.15) is 5.75 Å². The molecule has 2 aromatic rings. The lowest BCUT2D eigenvalue weighted by Gasteiger charge is -2.14. The molecule has 4 nitrogen and oxygen atoms in total. The van der Waals surface area contributed by atoms with Crippen molar-refractivity contribution in [3.8, 4) is 5.75 Å². The summed E-state index contributed by atoms with van der Waals surface area (Å²) in [7, 11) is -4.15. The van der Waals surface area contributed by atoms with E-state index in [2.05, 4.69) is 13.8 Å². The van der Waals surface area contributed by atoms with Crippen LogP contribution in [0.25, 0.3) is 6.08 Å². The Labute approximate surface area is 149 Å². The molecule has 3 N–H and O–H groups in total. The fourth-order valence-corrected chi connectivity index (χ4v) is 3.33. The molecule has 5 heteroatoms. The molecule has 2 aromatic carbocycles. The van der Waals surface area contributed by atoms with E-state index in [-0.39, 0.29) is 5.92 Å². The second-order valence-electron chi connectivity index (χ2n) is 6.76. The number of aromatic hydroxyl groups is 1. The highest BCUT2D eigenvalue weighted by Gasteiger charge is 2.11. The van der Waals surface area contributed by atoms with Crippen LogP contribution in [-0.4, -0.2) is 14.9 Å². The van der Waals surface area contributed by atoms with Crippen LogP contribution in [0.4, 0.5) is 0 Å². The van der Waals surface area contributed by atoms with Crippen molar-refractivity contribution in [2.24, 2.45) is 0 Å². The zero-order chi connectivity index (χ0) is 18.8. The summed E-state index contributed by atoms with van der Waals surface area (Å²) in [6, 6.07) is 9.57. The van der Waals surface area contributed by atoms with E-state index in [0.29, 0.717) is 5.75 Å². The Balaban J connectivity index is 2.34. The highest BCUT2D eigenvalue weighted by molar-refractivity contribution is 7.55. The molecule has 2 rings (SSSR count). The van der Waals surface area contributed by atoms with E-state index in [4.69, 9.17) is 9.79 Å². The highest BCUT2D eigenvalue weighted by Crippen LogP contribution is 2.37. The maximum atomic E-state index is 11.0. The monoisotopic (exact) mass is 360 g/mol. The van der Waals surface area contributed by atoms with Gasteiger partial charge in [-0.25, -0.2) is 0 Å². The second kappa shape index (κ2) is 7.57. The molecule has 0 aliphatic heterocycles. The van der Waals surface area contributed by atoms with Crippen LogP contribution in [0, 0.1) is 13.8 Å². The Morgan fingerprint density at radius 1 is 1.08 bits per heavy atom. The van der Waals surface area contributed by atoms with Gasteiger partial charge in [-0.1, -0.05) is 38.1 Å². The molecule has 0 saturated carbocycles. The van der Waals surface area contributed by atoms with Gasteiger partial charge in [-0.2, -0.15) is 0 Å². The van der Waals surface area contributed by atoms with Crippen molar-refractivity contribution in [3.05, 3.63) is 69.5 Å². The van der Waals surface area contributed by atoms with Gasteiger partial charge in [0.05, 0.1) is 0 Å². The van der Waals surface area contributed by atoms with Crippen LogP contribution in [0.5, 0.6) is 5.75 Å². The van der Waals surface area contributed by atoms with Crippen molar-refractivity contribution in [3.63, 3.8) is 0 Å². The standard InChI is InChI=1S/C20H25O4P/c1-13(2)18-11-16(5-6-20(18)21)12-19-14(3)9-17(10-15(19)4)7-8-25(22,23)24/h5-11,13,21H,12H2,1-4H3,(H2,22,23,24)/b8-7+. The minimum atomic E-state index is -4.15. The molecule has 0 spiro atoms. The third-order valence-electron chi connectivity index (χ3n) is 4.27. The summed E-state index contributed by atoms with van der Waals surface area (Å²) < 4.78 is 11.0. The average Bonchev–Trinajstić information content (AvgIpc) is 2.49. The first-order chi connectivity index (χ1) is 11.6. The topological polar surface area (TPSA) is 77.8 Å². The molecule has 0 radical (unpaired) electrons. The van der Waals surface area contributed by atoms with Crippen molar-refractivity contribution in [1.82, 2.24) is 0 Å². The summed E-state index contributed by atoms with van der Waals surface area (Å²) in [5, 5.41) is 9.97. The third-order valence-corrected chi connectivity index (χ3v) is 4.81. The van der Waals surface area contributed by atoms with Gasteiger partial charge >= 0.3 is 7.60 Å². The molecule has 0 aliphatic rings. The van der Waals surface area contributed by atoms with Gasteiger partial charge in [-0.05, 0) is 71.7 Å². The summed E-state index contributed by atoms with van der Waals surface area (Å²) in [4.78, 5) is 17.9. The van der Waals surface area contributed by atoms with E-state index in [0.717, 1.165) is 40.1 Å². The number of benzene rings is 2. The summed E-state index contributed by atoms with van der Waals surface area (Å²) in [5.74, 6) is 1.50. The predicted octanol–water partition coefficient (Wildman–Crippen LogP) is 4.87. The van der Waals surface area contributed by atoms with Crippen molar-refractivity contribution < 1.29 is 19.5 Å². The molecule has 0 aromatic heterocycles. The van der Waals surface area contributed by atoms with Crippen LogP contribution in [0.3, 0.4) is 0 Å². The van der Waals surface area contributed by atoms with Gasteiger partial charge in [-0.3, -0.25) is 4.57 Å². The lowest BCUT2D eigenvalue weighted by Crippen LogP contribution is -1.98. The summed E-state index contributed by atoms with van der Waals surface area (Å²) >= 11 is 0. The number of rotatable bonds is 5. The SMILES string of the molecule is Cc1cc(/C=C/P(=O)(O)O)cc(C)c1Cc1ccc(O)c(C(C)C)c1. The molecule has 0 unspecified atom stereocenters. The van der Waals surface area contributed by atoms with Crippen molar-refractivity contribution in [2.45, 2.75) is 40.0 Å². The summed E-state index contributed by atoms with van der Waals surface area (Å²) in [6.45, 7) is 8.11. The van der Waals surface area contributed by atoms with Gasteiger partial charge in [0.2, 0.25) is 0 Å². The first-order valence-corrected chi connectivity index (χ1v) is 9.91. The Morgan fingerprint density at radius 3 is 2.20 bits per heavy atom. The van der Waals surface area contributed by atoms with Crippen LogP contribution in [0.2, 0.25) is 0 Å². The van der Waals surface area contributed by atoms with E-state index in [1.54, 1.807) is 6.07 Å². The molecule has 0 amide bonds. The van der Waals surface area contributed by atoms with Crippen LogP contribution in [-0.2, 0) is 11.0 Å². The largest absolute Gasteiger partial charge is 0.508 e. The Morgan fingerprint density at radius 2 is 1.68 bits per heavy atom. The molecule has 0 saturated heterocycles. The Bertz CT molecular complexity index is 824. The molecule has 0 bridgehead atoms. The van der Waals surface area contributed by atoms with Crippen molar-refractivity contribution in [1.29, 1.82) is 0 Å². The molecule has 0 fully saturated rings. The van der Waals surface area contributed by atoms with E-state index in [1.165, 1.54) is 11.6 Å².